The van der Waals surface area contributed by atoms with E-state index in [1.807, 2.05) is 7.05 Å². The van der Waals surface area contributed by atoms with E-state index in [0.29, 0.717) is 43.1 Å². The summed E-state index contributed by atoms with van der Waals surface area (Å²) in [5, 5.41) is 3.95. The summed E-state index contributed by atoms with van der Waals surface area (Å²) in [6, 6.07) is 5.93. The van der Waals surface area contributed by atoms with Gasteiger partial charge in [0.2, 0.25) is 5.91 Å². The molecule has 1 aromatic carbocycles. The predicted octanol–water partition coefficient (Wildman–Crippen LogP) is 3.02. The third-order valence-electron chi connectivity index (χ3n) is 6.39. The highest BCUT2D eigenvalue weighted by Crippen LogP contribution is 2.34. The molecular formula is C23H25FN6O2. The average Bonchev–Trinajstić information content (AvgIpc) is 3.44. The number of hydrogen-bond acceptors (Lipinski definition) is 5. The predicted molar refractivity (Wildman–Crippen MR) is 118 cm³/mol. The van der Waals surface area contributed by atoms with Crippen molar-refractivity contribution < 1.29 is 14.0 Å². The van der Waals surface area contributed by atoms with Crippen molar-refractivity contribution in [2.24, 2.45) is 0 Å². The van der Waals surface area contributed by atoms with Crippen LogP contribution in [0.4, 0.5) is 10.2 Å². The molecule has 166 valence electrons. The molecule has 3 aromatic rings. The fourth-order valence-electron chi connectivity index (χ4n) is 4.72. The molecule has 4 heterocycles. The van der Waals surface area contributed by atoms with Gasteiger partial charge in [-0.15, -0.1) is 0 Å². The zero-order chi connectivity index (χ0) is 22.4. The number of nitrogens with zero attached hydrogens (tertiary/aromatic N) is 4. The molecule has 32 heavy (non-hydrogen) atoms. The topological polar surface area (TPSA) is 94.2 Å². The molecule has 1 saturated heterocycles. The zero-order valence-corrected chi connectivity index (χ0v) is 18.1. The third-order valence-corrected chi connectivity index (χ3v) is 6.39. The average molecular weight is 436 g/mol. The van der Waals surface area contributed by atoms with Gasteiger partial charge in [-0.3, -0.25) is 9.59 Å². The Bertz CT molecular complexity index is 1220. The first kappa shape index (κ1) is 20.4. The van der Waals surface area contributed by atoms with Crippen LogP contribution in [0.5, 0.6) is 0 Å². The fourth-order valence-corrected chi connectivity index (χ4v) is 4.72. The number of likely N-dealkylation sites (tertiary alicyclic amines) is 1. The molecule has 5 rings (SSSR count). The molecule has 0 saturated carbocycles. The van der Waals surface area contributed by atoms with E-state index in [4.69, 9.17) is 9.97 Å². The zero-order valence-electron chi connectivity index (χ0n) is 18.1. The first-order valence-electron chi connectivity index (χ1n) is 10.9. The highest BCUT2D eigenvalue weighted by Gasteiger charge is 2.35. The Hall–Kier alpha value is -3.49. The molecule has 1 fully saturated rings. The van der Waals surface area contributed by atoms with Crippen molar-refractivity contribution in [1.29, 1.82) is 0 Å². The Kier molecular flexibility index (Phi) is 5.03. The second kappa shape index (κ2) is 7.89. The fraction of sp³-hybridized carbons (Fsp3) is 0.391. The number of aromatic amines is 1. The second-order valence-corrected chi connectivity index (χ2v) is 8.37. The number of carbonyl (C=O) groups is 2. The van der Waals surface area contributed by atoms with Crippen molar-refractivity contribution in [2.45, 2.75) is 38.8 Å². The maximum atomic E-state index is 13.6. The van der Waals surface area contributed by atoms with Crippen LogP contribution in [-0.4, -0.2) is 56.7 Å². The highest BCUT2D eigenvalue weighted by molar-refractivity contribution is 5.98. The van der Waals surface area contributed by atoms with Crippen LogP contribution in [0.2, 0.25) is 0 Å². The third kappa shape index (κ3) is 3.47. The lowest BCUT2D eigenvalue weighted by atomic mass is 10.0. The molecule has 9 heteroatoms. The van der Waals surface area contributed by atoms with Crippen molar-refractivity contribution in [2.75, 3.05) is 25.5 Å². The summed E-state index contributed by atoms with van der Waals surface area (Å²) < 4.78 is 13.6. The van der Waals surface area contributed by atoms with Gasteiger partial charge in [0.25, 0.3) is 5.91 Å². The highest BCUT2D eigenvalue weighted by atomic mass is 19.1. The largest absolute Gasteiger partial charge is 0.373 e. The van der Waals surface area contributed by atoms with Gasteiger partial charge in [0, 0.05) is 43.5 Å². The number of fused-ring (bicyclic) bond motifs is 2. The maximum Gasteiger partial charge on any atom is 0.270 e. The standard InChI is InChI=1S/C23H25FN6O2/c1-13(31)29-9-7-16-19(12-29)27-22(28-21(16)25-2)20-4-3-8-30(20)23(32)18-10-14-5-6-15(24)11-17(14)26-18/h5-6,10-11,20,26H,3-4,7-9,12H2,1-2H3,(H,25,27,28). The molecule has 2 amide bonds. The number of H-pyrrole nitrogens is 1. The summed E-state index contributed by atoms with van der Waals surface area (Å²) in [7, 11) is 1.82. The van der Waals surface area contributed by atoms with Crippen LogP contribution >= 0.6 is 0 Å². The summed E-state index contributed by atoms with van der Waals surface area (Å²) in [5.41, 5.74) is 2.88. The van der Waals surface area contributed by atoms with Gasteiger partial charge >= 0.3 is 0 Å². The van der Waals surface area contributed by atoms with Gasteiger partial charge in [0.05, 0.1) is 18.3 Å². The van der Waals surface area contributed by atoms with E-state index in [1.165, 1.54) is 12.1 Å². The Balaban J connectivity index is 1.48. The Morgan fingerprint density at radius 2 is 2.06 bits per heavy atom. The smallest absolute Gasteiger partial charge is 0.270 e. The summed E-state index contributed by atoms with van der Waals surface area (Å²) in [6.07, 6.45) is 2.31. The molecule has 2 aliphatic heterocycles. The van der Waals surface area contributed by atoms with Gasteiger partial charge < -0.3 is 20.1 Å². The van der Waals surface area contributed by atoms with Gasteiger partial charge in [0.1, 0.15) is 17.3 Å². The Labute approximate surface area is 184 Å². The lowest BCUT2D eigenvalue weighted by Crippen LogP contribution is -2.36. The molecular weight excluding hydrogens is 411 g/mol. The lowest BCUT2D eigenvalue weighted by Gasteiger charge is -2.30. The molecule has 2 N–H and O–H groups in total. The molecule has 2 aromatic heterocycles. The molecule has 2 aliphatic rings. The minimum Gasteiger partial charge on any atom is -0.373 e. The Morgan fingerprint density at radius 3 is 2.84 bits per heavy atom. The summed E-state index contributed by atoms with van der Waals surface area (Å²) in [6.45, 7) is 3.26. The molecule has 0 bridgehead atoms. The van der Waals surface area contributed by atoms with E-state index >= 15 is 0 Å². The van der Waals surface area contributed by atoms with Crippen LogP contribution < -0.4 is 5.32 Å². The van der Waals surface area contributed by atoms with Crippen LogP contribution in [0, 0.1) is 5.82 Å². The summed E-state index contributed by atoms with van der Waals surface area (Å²) in [4.78, 5) is 41.4. The van der Waals surface area contributed by atoms with Gasteiger partial charge in [-0.25, -0.2) is 14.4 Å². The molecule has 0 spiro atoms. The van der Waals surface area contributed by atoms with Crippen LogP contribution in [0.25, 0.3) is 10.9 Å². The maximum absolute atomic E-state index is 13.6. The molecule has 1 atom stereocenters. The van der Waals surface area contributed by atoms with Crippen molar-refractivity contribution in [1.82, 2.24) is 24.8 Å². The minimum atomic E-state index is -0.348. The number of aromatic nitrogens is 3. The number of hydrogen-bond donors (Lipinski definition) is 2. The first-order valence-corrected chi connectivity index (χ1v) is 10.9. The van der Waals surface area contributed by atoms with E-state index in [1.54, 1.807) is 28.9 Å². The van der Waals surface area contributed by atoms with Crippen LogP contribution in [-0.2, 0) is 17.8 Å². The minimum absolute atomic E-state index is 0.0229. The number of amides is 2. The van der Waals surface area contributed by atoms with Gasteiger partial charge in [-0.2, -0.15) is 0 Å². The van der Waals surface area contributed by atoms with Gasteiger partial charge in [-0.1, -0.05) is 0 Å². The SMILES string of the molecule is CNc1nc(C2CCCN2C(=O)c2cc3ccc(F)cc3[nH]2)nc2c1CCN(C(C)=O)C2. The quantitative estimate of drug-likeness (QED) is 0.658. The number of carbonyl (C=O) groups excluding carboxylic acids is 2. The normalized spacial score (nSPS) is 18.2. The summed E-state index contributed by atoms with van der Waals surface area (Å²) in [5.74, 6) is 0.871. The van der Waals surface area contributed by atoms with Crippen LogP contribution in [0.1, 0.15) is 53.4 Å². The van der Waals surface area contributed by atoms with Crippen LogP contribution in [0.15, 0.2) is 24.3 Å². The molecule has 0 aliphatic carbocycles. The lowest BCUT2D eigenvalue weighted by molar-refractivity contribution is -0.129. The van der Waals surface area contributed by atoms with Crippen molar-refractivity contribution in [3.8, 4) is 0 Å². The number of nitrogens with one attached hydrogen (secondary N) is 2. The van der Waals surface area contributed by atoms with Crippen molar-refractivity contribution in [3.05, 3.63) is 52.9 Å². The van der Waals surface area contributed by atoms with Crippen molar-refractivity contribution in [3.63, 3.8) is 0 Å². The van der Waals surface area contributed by atoms with E-state index in [0.717, 1.165) is 35.3 Å². The van der Waals surface area contributed by atoms with Gasteiger partial charge in [0.15, 0.2) is 5.82 Å². The number of anilines is 1. The molecule has 0 radical (unpaired) electrons. The van der Waals surface area contributed by atoms with E-state index in [9.17, 15) is 14.0 Å². The van der Waals surface area contributed by atoms with Crippen LogP contribution in [0.3, 0.4) is 0 Å². The number of rotatable bonds is 3. The van der Waals surface area contributed by atoms with Crippen molar-refractivity contribution >= 4 is 28.5 Å². The van der Waals surface area contributed by atoms with Gasteiger partial charge in [-0.05, 0) is 43.5 Å². The monoisotopic (exact) mass is 436 g/mol. The Morgan fingerprint density at radius 1 is 1.22 bits per heavy atom. The number of benzene rings is 1. The summed E-state index contributed by atoms with van der Waals surface area (Å²) >= 11 is 0. The second-order valence-electron chi connectivity index (χ2n) is 8.37. The van der Waals surface area contributed by atoms with E-state index in [2.05, 4.69) is 10.3 Å². The van der Waals surface area contributed by atoms with E-state index in [-0.39, 0.29) is 23.7 Å². The van der Waals surface area contributed by atoms with E-state index < -0.39 is 0 Å². The first-order chi connectivity index (χ1) is 15.4. The molecule has 8 nitrogen and oxygen atoms in total. The number of halogens is 1. The molecule has 1 unspecified atom stereocenters.